The lowest BCUT2D eigenvalue weighted by Crippen LogP contribution is -2.42. The smallest absolute Gasteiger partial charge is 0.487 e. The number of nitrogens with zero attached hydrogens (tertiary/aromatic N) is 1. The lowest BCUT2D eigenvalue weighted by Gasteiger charge is -2.20. The highest BCUT2D eigenvalue weighted by molar-refractivity contribution is 6.58. The van der Waals surface area contributed by atoms with Crippen LogP contribution in [0.4, 0.5) is 0 Å². The molecule has 0 saturated carbocycles. The van der Waals surface area contributed by atoms with Gasteiger partial charge in [0.1, 0.15) is 0 Å². The second-order valence-corrected chi connectivity index (χ2v) is 3.12. The second kappa shape index (κ2) is 5.18. The fraction of sp³-hybridized carbons (Fsp3) is 0.375. The molecular formula is C8H9BN2O5. The van der Waals surface area contributed by atoms with E-state index in [0.717, 1.165) is 0 Å². The van der Waals surface area contributed by atoms with Gasteiger partial charge in [-0.05, 0) is 18.8 Å². The molecule has 8 heteroatoms. The molecule has 0 aliphatic carbocycles. The molecule has 1 aliphatic rings. The van der Waals surface area contributed by atoms with E-state index >= 15 is 0 Å². The Morgan fingerprint density at radius 2 is 1.88 bits per heavy atom. The zero-order valence-electron chi connectivity index (χ0n) is 8.56. The molecule has 1 amide bonds. The lowest BCUT2D eigenvalue weighted by molar-refractivity contribution is -0.145. The Kier molecular flexibility index (Phi) is 3.91. The first-order chi connectivity index (χ1) is 7.47. The fourth-order valence-electron chi connectivity index (χ4n) is 1.02. The molecule has 1 saturated heterocycles. The number of amides is 1. The molecule has 0 unspecified atom stereocenters. The fourth-order valence-corrected chi connectivity index (χ4v) is 1.02. The molecule has 0 aromatic rings. The Labute approximate surface area is 92.0 Å². The number of hydrogen-bond acceptors (Lipinski definition) is 6. The third kappa shape index (κ3) is 4.02. The number of primary amides is 1. The van der Waals surface area contributed by atoms with Crippen LogP contribution < -0.4 is 5.73 Å². The molecule has 84 valence electrons. The molecule has 0 atom stereocenters. The molecule has 1 aliphatic heterocycles. The Bertz CT molecular complexity index is 366. The molecule has 1 heterocycles. The van der Waals surface area contributed by atoms with Crippen LogP contribution in [0.2, 0.25) is 0 Å². The van der Waals surface area contributed by atoms with Crippen LogP contribution in [0.5, 0.6) is 0 Å². The topological polar surface area (TPSA) is 98.9 Å². The van der Waals surface area contributed by atoms with E-state index in [9.17, 15) is 14.4 Å². The first kappa shape index (κ1) is 12.1. The van der Waals surface area contributed by atoms with Crippen LogP contribution in [0, 0.1) is 11.7 Å². The average Bonchev–Trinajstić information content (AvgIpc) is 2.11. The standard InChI is InChI=1S/C8H9BN2O5/c1-11-4-7(13)15-9(3-2-6(10)12)16-8(14)5-11/h4-5H2,1H3,(H2,10,12). The largest absolute Gasteiger partial charge is 0.694 e. The lowest BCUT2D eigenvalue weighted by atomic mass is 9.91. The predicted octanol–water partition coefficient (Wildman–Crippen LogP) is -2.47. The van der Waals surface area contributed by atoms with E-state index in [4.69, 9.17) is 5.73 Å². The van der Waals surface area contributed by atoms with Crippen molar-refractivity contribution in [2.24, 2.45) is 5.73 Å². The van der Waals surface area contributed by atoms with Gasteiger partial charge >= 0.3 is 19.1 Å². The van der Waals surface area contributed by atoms with Crippen LogP contribution in [0.25, 0.3) is 0 Å². The maximum Gasteiger partial charge on any atom is 0.694 e. The summed E-state index contributed by atoms with van der Waals surface area (Å²) in [5.74, 6) is 1.98. The van der Waals surface area contributed by atoms with Gasteiger partial charge in [-0.2, -0.15) is 0 Å². The maximum absolute atomic E-state index is 11.2. The van der Waals surface area contributed by atoms with Crippen molar-refractivity contribution in [2.75, 3.05) is 20.1 Å². The summed E-state index contributed by atoms with van der Waals surface area (Å²) in [6.07, 6.45) is 0. The van der Waals surface area contributed by atoms with Crippen molar-refractivity contribution in [3.05, 3.63) is 0 Å². The number of rotatable bonds is 0. The van der Waals surface area contributed by atoms with Crippen molar-refractivity contribution in [1.29, 1.82) is 0 Å². The SMILES string of the molecule is CN1CC(=O)OB(C#CC(N)=O)OC(=O)C1. The first-order valence-electron chi connectivity index (χ1n) is 4.36. The number of carbonyl (C=O) groups excluding carboxylic acids is 3. The minimum absolute atomic E-state index is 0.0517. The Balaban J connectivity index is 2.72. The highest BCUT2D eigenvalue weighted by Gasteiger charge is 2.30. The van der Waals surface area contributed by atoms with E-state index in [1.807, 2.05) is 5.92 Å². The molecule has 0 spiro atoms. The van der Waals surface area contributed by atoms with Gasteiger partial charge < -0.3 is 15.0 Å². The van der Waals surface area contributed by atoms with Gasteiger partial charge in [-0.3, -0.25) is 19.3 Å². The van der Waals surface area contributed by atoms with Crippen molar-refractivity contribution in [1.82, 2.24) is 4.90 Å². The summed E-state index contributed by atoms with van der Waals surface area (Å²) in [5, 5.41) is 0. The number of carbonyl (C=O) groups is 3. The normalized spacial score (nSPS) is 17.4. The summed E-state index contributed by atoms with van der Waals surface area (Å²) >= 11 is 0. The summed E-state index contributed by atoms with van der Waals surface area (Å²) < 4.78 is 9.36. The van der Waals surface area contributed by atoms with Gasteiger partial charge in [0.2, 0.25) is 0 Å². The predicted molar refractivity (Wildman–Crippen MR) is 52.4 cm³/mol. The molecule has 2 N–H and O–H groups in total. The Morgan fingerprint density at radius 1 is 1.38 bits per heavy atom. The molecule has 0 radical (unpaired) electrons. The molecule has 0 aromatic heterocycles. The van der Waals surface area contributed by atoms with Crippen molar-refractivity contribution >= 4 is 25.0 Å². The van der Waals surface area contributed by atoms with E-state index in [1.54, 1.807) is 7.05 Å². The van der Waals surface area contributed by atoms with Crippen LogP contribution in [0.1, 0.15) is 0 Å². The summed E-state index contributed by atoms with van der Waals surface area (Å²) in [4.78, 5) is 34.1. The second-order valence-electron chi connectivity index (χ2n) is 3.12. The zero-order valence-corrected chi connectivity index (χ0v) is 8.56. The van der Waals surface area contributed by atoms with Gasteiger partial charge in [0, 0.05) is 0 Å². The molecule has 0 aromatic carbocycles. The van der Waals surface area contributed by atoms with Crippen LogP contribution in [0.15, 0.2) is 0 Å². The number of likely N-dealkylation sites (N-methyl/N-ethyl adjacent to an activating group) is 1. The van der Waals surface area contributed by atoms with E-state index in [1.165, 1.54) is 4.90 Å². The van der Waals surface area contributed by atoms with Crippen LogP contribution in [-0.2, 0) is 23.7 Å². The van der Waals surface area contributed by atoms with Gasteiger partial charge in [0.05, 0.1) is 13.1 Å². The van der Waals surface area contributed by atoms with Crippen LogP contribution in [-0.4, -0.2) is 50.0 Å². The van der Waals surface area contributed by atoms with Crippen molar-refractivity contribution in [2.45, 2.75) is 0 Å². The summed E-state index contributed by atoms with van der Waals surface area (Å²) in [5.41, 5.74) is 4.77. The monoisotopic (exact) mass is 224 g/mol. The minimum atomic E-state index is -1.37. The van der Waals surface area contributed by atoms with Crippen LogP contribution in [0.3, 0.4) is 0 Å². The first-order valence-corrected chi connectivity index (χ1v) is 4.36. The third-order valence-electron chi connectivity index (χ3n) is 1.59. The van der Waals surface area contributed by atoms with Gasteiger partial charge in [-0.1, -0.05) is 0 Å². The number of hydrogen-bond donors (Lipinski definition) is 1. The molecule has 0 bridgehead atoms. The maximum atomic E-state index is 11.2. The Hall–Kier alpha value is -2.01. The van der Waals surface area contributed by atoms with Gasteiger partial charge in [-0.25, -0.2) is 0 Å². The zero-order chi connectivity index (χ0) is 12.1. The summed E-state index contributed by atoms with van der Waals surface area (Å²) in [6, 6.07) is 0. The summed E-state index contributed by atoms with van der Waals surface area (Å²) in [6.45, 7) is -0.103. The van der Waals surface area contributed by atoms with E-state index < -0.39 is 25.0 Å². The van der Waals surface area contributed by atoms with Gasteiger partial charge in [0.15, 0.2) is 0 Å². The highest BCUT2D eigenvalue weighted by atomic mass is 16.6. The van der Waals surface area contributed by atoms with Crippen molar-refractivity contribution in [3.8, 4) is 11.7 Å². The van der Waals surface area contributed by atoms with E-state index in [2.05, 4.69) is 15.1 Å². The van der Waals surface area contributed by atoms with Gasteiger partial charge in [-0.15, -0.1) is 0 Å². The molecular weight excluding hydrogens is 215 g/mol. The van der Waals surface area contributed by atoms with Gasteiger partial charge in [0.25, 0.3) is 5.91 Å². The average molecular weight is 224 g/mol. The molecule has 7 nitrogen and oxygen atoms in total. The third-order valence-corrected chi connectivity index (χ3v) is 1.59. The van der Waals surface area contributed by atoms with Crippen molar-refractivity contribution in [3.63, 3.8) is 0 Å². The summed E-state index contributed by atoms with van der Waals surface area (Å²) in [7, 11) is 0.194. The highest BCUT2D eigenvalue weighted by Crippen LogP contribution is 1.98. The molecule has 1 rings (SSSR count). The van der Waals surface area contributed by atoms with E-state index in [-0.39, 0.29) is 13.1 Å². The van der Waals surface area contributed by atoms with E-state index in [0.29, 0.717) is 0 Å². The molecule has 1 fully saturated rings. The Morgan fingerprint density at radius 3 is 2.31 bits per heavy atom. The van der Waals surface area contributed by atoms with Crippen molar-refractivity contribution < 1.29 is 23.7 Å². The number of nitrogens with two attached hydrogens (primary N) is 1. The minimum Gasteiger partial charge on any atom is -0.487 e. The molecule has 16 heavy (non-hydrogen) atoms. The van der Waals surface area contributed by atoms with Crippen LogP contribution >= 0.6 is 0 Å². The quantitative estimate of drug-likeness (QED) is 0.361.